The van der Waals surface area contributed by atoms with Crippen molar-refractivity contribution in [1.82, 2.24) is 5.32 Å². The molecule has 1 aliphatic rings. The number of hydrogen-bond acceptors (Lipinski definition) is 4. The fraction of sp³-hybridized carbons (Fsp3) is 0.538. The summed E-state index contributed by atoms with van der Waals surface area (Å²) in [6.07, 6.45) is 5.76. The average Bonchev–Trinajstić information content (AvgIpc) is 2.85. The van der Waals surface area contributed by atoms with Crippen molar-refractivity contribution >= 4 is 29.1 Å². The van der Waals surface area contributed by atoms with Crippen molar-refractivity contribution in [3.05, 3.63) is 38.9 Å². The quantitative estimate of drug-likeness (QED) is 0.666. The monoisotopic (exact) mass is 300 g/mol. The van der Waals surface area contributed by atoms with Crippen LogP contribution in [0.2, 0.25) is 5.02 Å². The Morgan fingerprint density at radius 2 is 2.32 bits per heavy atom. The zero-order chi connectivity index (χ0) is 13.8. The van der Waals surface area contributed by atoms with E-state index in [0.717, 1.165) is 10.8 Å². The number of halogens is 1. The minimum atomic E-state index is -0.439. The molecule has 4 nitrogen and oxygen atoms in total. The van der Waals surface area contributed by atoms with Crippen LogP contribution < -0.4 is 5.32 Å². The molecular weight excluding hydrogens is 284 g/mol. The average molecular weight is 301 g/mol. The molecule has 2 rings (SSSR count). The van der Waals surface area contributed by atoms with Crippen molar-refractivity contribution in [1.29, 1.82) is 0 Å². The number of nitrogens with one attached hydrogen (secondary N) is 1. The van der Waals surface area contributed by atoms with E-state index in [9.17, 15) is 10.1 Å². The summed E-state index contributed by atoms with van der Waals surface area (Å²) < 4.78 is 0. The lowest BCUT2D eigenvalue weighted by atomic mass is 10.1. The molecule has 1 aromatic carbocycles. The van der Waals surface area contributed by atoms with E-state index in [1.807, 2.05) is 17.8 Å². The Labute approximate surface area is 122 Å². The number of thioether (sulfide) groups is 1. The first kappa shape index (κ1) is 14.6. The van der Waals surface area contributed by atoms with Gasteiger partial charge in [-0.2, -0.15) is 11.8 Å². The number of hydrogen-bond donors (Lipinski definition) is 1. The van der Waals surface area contributed by atoms with Gasteiger partial charge in [-0.15, -0.1) is 0 Å². The number of nitro groups is 1. The molecule has 0 aromatic heterocycles. The Bertz CT molecular complexity index is 470. The van der Waals surface area contributed by atoms with Crippen LogP contribution in [0, 0.1) is 10.1 Å². The van der Waals surface area contributed by atoms with E-state index >= 15 is 0 Å². The fourth-order valence-corrected chi connectivity index (χ4v) is 3.39. The molecule has 104 valence electrons. The third-order valence-electron chi connectivity index (χ3n) is 3.52. The summed E-state index contributed by atoms with van der Waals surface area (Å²) in [6, 6.07) is 5.50. The van der Waals surface area contributed by atoms with Crippen molar-refractivity contribution in [3.8, 4) is 0 Å². The summed E-state index contributed by atoms with van der Waals surface area (Å²) in [5.41, 5.74) is 0.887. The van der Waals surface area contributed by atoms with Gasteiger partial charge in [0.1, 0.15) is 5.02 Å². The molecule has 0 bridgehead atoms. The number of nitro benzene ring substituents is 1. The van der Waals surface area contributed by atoms with Gasteiger partial charge in [0.15, 0.2) is 0 Å². The van der Waals surface area contributed by atoms with E-state index in [-0.39, 0.29) is 10.7 Å². The minimum Gasteiger partial charge on any atom is -0.310 e. The lowest BCUT2D eigenvalue weighted by Gasteiger charge is -2.12. The van der Waals surface area contributed by atoms with Crippen LogP contribution in [0.1, 0.15) is 24.8 Å². The molecule has 19 heavy (non-hydrogen) atoms. The highest BCUT2D eigenvalue weighted by Gasteiger charge is 2.23. The largest absolute Gasteiger partial charge is 0.310 e. The van der Waals surface area contributed by atoms with Crippen molar-refractivity contribution in [2.75, 3.05) is 6.26 Å². The Hall–Kier alpha value is -0.780. The Balaban J connectivity index is 1.93. The molecule has 1 aliphatic carbocycles. The summed E-state index contributed by atoms with van der Waals surface area (Å²) >= 11 is 7.71. The van der Waals surface area contributed by atoms with Crippen molar-refractivity contribution in [2.45, 2.75) is 37.1 Å². The predicted octanol–water partition coefficient (Wildman–Crippen LogP) is 3.62. The van der Waals surface area contributed by atoms with E-state index in [1.165, 1.54) is 19.3 Å². The fourth-order valence-electron chi connectivity index (χ4n) is 2.41. The molecule has 1 aromatic rings. The van der Waals surface area contributed by atoms with Crippen molar-refractivity contribution in [3.63, 3.8) is 0 Å². The van der Waals surface area contributed by atoms with Crippen LogP contribution in [0.3, 0.4) is 0 Å². The highest BCUT2D eigenvalue weighted by atomic mass is 35.5. The second-order valence-corrected chi connectivity index (χ2v) is 6.34. The van der Waals surface area contributed by atoms with E-state index in [0.29, 0.717) is 12.6 Å². The SMILES string of the molecule is CSC1CCC(NCc2ccc(Cl)c([N+](=O)[O-])c2)C1. The summed E-state index contributed by atoms with van der Waals surface area (Å²) in [6.45, 7) is 0.657. The van der Waals surface area contributed by atoms with Crippen molar-refractivity contribution in [2.24, 2.45) is 0 Å². The molecule has 0 amide bonds. The molecule has 2 atom stereocenters. The van der Waals surface area contributed by atoms with Crippen LogP contribution in [-0.4, -0.2) is 22.5 Å². The summed E-state index contributed by atoms with van der Waals surface area (Å²) in [5, 5.41) is 15.2. The molecule has 1 fully saturated rings. The molecule has 6 heteroatoms. The zero-order valence-electron chi connectivity index (χ0n) is 10.8. The predicted molar refractivity (Wildman–Crippen MR) is 79.9 cm³/mol. The molecule has 2 unspecified atom stereocenters. The lowest BCUT2D eigenvalue weighted by Crippen LogP contribution is -2.26. The van der Waals surface area contributed by atoms with Crippen molar-refractivity contribution < 1.29 is 4.92 Å². The lowest BCUT2D eigenvalue weighted by molar-refractivity contribution is -0.384. The Morgan fingerprint density at radius 1 is 1.53 bits per heavy atom. The summed E-state index contributed by atoms with van der Waals surface area (Å²) in [7, 11) is 0. The van der Waals surface area contributed by atoms with Gasteiger partial charge in [-0.1, -0.05) is 17.7 Å². The third-order valence-corrected chi connectivity index (χ3v) is 4.93. The zero-order valence-corrected chi connectivity index (χ0v) is 12.3. The van der Waals surface area contributed by atoms with Gasteiger partial charge in [0.2, 0.25) is 0 Å². The van der Waals surface area contributed by atoms with Crippen LogP contribution >= 0.6 is 23.4 Å². The van der Waals surface area contributed by atoms with Crippen LogP contribution in [0.15, 0.2) is 18.2 Å². The maximum absolute atomic E-state index is 10.8. The van der Waals surface area contributed by atoms with E-state index < -0.39 is 4.92 Å². The number of rotatable bonds is 5. The topological polar surface area (TPSA) is 55.2 Å². The van der Waals surface area contributed by atoms with Crippen LogP contribution in [0.5, 0.6) is 0 Å². The molecule has 1 saturated carbocycles. The van der Waals surface area contributed by atoms with Gasteiger partial charge in [0.05, 0.1) is 4.92 Å². The van der Waals surface area contributed by atoms with Gasteiger partial charge < -0.3 is 5.32 Å². The first-order valence-electron chi connectivity index (χ1n) is 6.29. The highest BCUT2D eigenvalue weighted by molar-refractivity contribution is 7.99. The van der Waals surface area contributed by atoms with Gasteiger partial charge in [0.25, 0.3) is 5.69 Å². The number of benzene rings is 1. The maximum Gasteiger partial charge on any atom is 0.288 e. The van der Waals surface area contributed by atoms with Gasteiger partial charge in [0, 0.05) is 23.9 Å². The van der Waals surface area contributed by atoms with Gasteiger partial charge in [-0.25, -0.2) is 0 Å². The molecule has 0 saturated heterocycles. The normalized spacial score (nSPS) is 22.6. The van der Waals surface area contributed by atoms with E-state index in [2.05, 4.69) is 11.6 Å². The van der Waals surface area contributed by atoms with E-state index in [1.54, 1.807) is 12.1 Å². The van der Waals surface area contributed by atoms with Gasteiger partial charge in [-0.3, -0.25) is 10.1 Å². The Kier molecular flexibility index (Phi) is 5.07. The molecule has 0 aliphatic heterocycles. The van der Waals surface area contributed by atoms with Gasteiger partial charge in [-0.05, 0) is 37.1 Å². The van der Waals surface area contributed by atoms with Gasteiger partial charge >= 0.3 is 0 Å². The molecular formula is C13H17ClN2O2S. The smallest absolute Gasteiger partial charge is 0.288 e. The molecule has 0 radical (unpaired) electrons. The maximum atomic E-state index is 10.8. The minimum absolute atomic E-state index is 0.0191. The van der Waals surface area contributed by atoms with Crippen LogP contribution in [0.4, 0.5) is 5.69 Å². The standard InChI is InChI=1S/C13H17ClN2O2S/c1-19-11-4-3-10(7-11)15-8-9-2-5-12(14)13(6-9)16(17)18/h2,5-6,10-11,15H,3-4,7-8H2,1H3. The molecule has 0 heterocycles. The molecule has 1 N–H and O–H groups in total. The van der Waals surface area contributed by atoms with Crippen LogP contribution in [-0.2, 0) is 6.54 Å². The second-order valence-electron chi connectivity index (χ2n) is 4.79. The third kappa shape index (κ3) is 3.84. The van der Waals surface area contributed by atoms with E-state index in [4.69, 9.17) is 11.6 Å². The first-order chi connectivity index (χ1) is 9.10. The summed E-state index contributed by atoms with van der Waals surface area (Å²) in [5.74, 6) is 0. The first-order valence-corrected chi connectivity index (χ1v) is 7.95. The summed E-state index contributed by atoms with van der Waals surface area (Å²) in [4.78, 5) is 10.4. The second kappa shape index (κ2) is 6.59. The number of nitrogens with zero attached hydrogens (tertiary/aromatic N) is 1. The highest BCUT2D eigenvalue weighted by Crippen LogP contribution is 2.29. The van der Waals surface area contributed by atoms with Crippen LogP contribution in [0.25, 0.3) is 0 Å². The molecule has 0 spiro atoms. The Morgan fingerprint density at radius 3 is 2.95 bits per heavy atom.